The predicted molar refractivity (Wildman–Crippen MR) is 63.8 cm³/mol. The van der Waals surface area contributed by atoms with Gasteiger partial charge in [-0.25, -0.2) is 0 Å². The first kappa shape index (κ1) is 11.6. The number of nitrogens with two attached hydrogens (primary N) is 1. The lowest BCUT2D eigenvalue weighted by Gasteiger charge is -2.07. The molecule has 0 aliphatic heterocycles. The summed E-state index contributed by atoms with van der Waals surface area (Å²) in [5.41, 5.74) is 6.29. The lowest BCUT2D eigenvalue weighted by atomic mass is 10.2. The van der Waals surface area contributed by atoms with Crippen LogP contribution in [0.25, 0.3) is 6.08 Å². The van der Waals surface area contributed by atoms with Crippen LogP contribution in [0.4, 0.5) is 0 Å². The normalized spacial score (nSPS) is 10.9. The Balaban J connectivity index is 3.18. The molecule has 1 aromatic rings. The number of hydrogen-bond acceptors (Lipinski definition) is 2. The van der Waals surface area contributed by atoms with Crippen LogP contribution in [0.1, 0.15) is 5.56 Å². The molecule has 14 heavy (non-hydrogen) atoms. The Hall–Kier alpha value is -0.510. The Labute approximate surface area is 96.8 Å². The Kier molecular flexibility index (Phi) is 4.45. The molecule has 0 spiro atoms. The van der Waals surface area contributed by atoms with Crippen LogP contribution in [0, 0.1) is 0 Å². The molecule has 0 amide bonds. The van der Waals surface area contributed by atoms with E-state index < -0.39 is 0 Å². The summed E-state index contributed by atoms with van der Waals surface area (Å²) < 4.78 is 6.07. The van der Waals surface area contributed by atoms with Crippen LogP contribution in [-0.4, -0.2) is 13.7 Å². The average molecular weight is 277 g/mol. The summed E-state index contributed by atoms with van der Waals surface area (Å²) in [6.07, 6.45) is 3.73. The number of methoxy groups -OCH3 is 1. The number of ether oxygens (including phenoxy) is 1. The fourth-order valence-electron chi connectivity index (χ4n) is 1.11. The van der Waals surface area contributed by atoms with E-state index in [9.17, 15) is 0 Å². The minimum Gasteiger partial charge on any atom is -0.495 e. The maximum Gasteiger partial charge on any atom is 0.140 e. The first-order valence-corrected chi connectivity index (χ1v) is 5.25. The molecule has 1 rings (SSSR count). The number of benzene rings is 1. The van der Waals surface area contributed by atoms with E-state index in [1.54, 1.807) is 13.2 Å². The van der Waals surface area contributed by atoms with Crippen LogP contribution in [0.2, 0.25) is 5.02 Å². The molecular weight excluding hydrogens is 265 g/mol. The summed E-state index contributed by atoms with van der Waals surface area (Å²) >= 11 is 9.28. The van der Waals surface area contributed by atoms with Gasteiger partial charge in [-0.15, -0.1) is 0 Å². The van der Waals surface area contributed by atoms with E-state index in [0.29, 0.717) is 11.6 Å². The summed E-state index contributed by atoms with van der Waals surface area (Å²) in [6.45, 7) is 0.493. The van der Waals surface area contributed by atoms with Gasteiger partial charge in [-0.1, -0.05) is 23.8 Å². The third kappa shape index (κ3) is 2.74. The van der Waals surface area contributed by atoms with Gasteiger partial charge in [0.1, 0.15) is 5.75 Å². The van der Waals surface area contributed by atoms with Crippen LogP contribution < -0.4 is 10.5 Å². The molecule has 0 saturated heterocycles. The van der Waals surface area contributed by atoms with Gasteiger partial charge in [0.15, 0.2) is 0 Å². The standard InChI is InChI=1S/C10H11BrClNO/c1-14-10-7(3-2-4-13)5-8(12)6-9(10)11/h2-3,5-6H,4,13H2,1H3/b3-2+. The summed E-state index contributed by atoms with van der Waals surface area (Å²) in [5.74, 6) is 0.763. The second kappa shape index (κ2) is 5.39. The van der Waals surface area contributed by atoms with Gasteiger partial charge in [0.25, 0.3) is 0 Å². The fraction of sp³-hybridized carbons (Fsp3) is 0.200. The van der Waals surface area contributed by atoms with Gasteiger partial charge in [-0.3, -0.25) is 0 Å². The predicted octanol–water partition coefficient (Wildman–Crippen LogP) is 3.08. The molecule has 4 heteroatoms. The molecule has 2 N–H and O–H groups in total. The highest BCUT2D eigenvalue weighted by atomic mass is 79.9. The second-order valence-corrected chi connectivity index (χ2v) is 3.94. The highest BCUT2D eigenvalue weighted by Gasteiger charge is 2.06. The molecule has 0 fully saturated rings. The molecule has 0 aliphatic carbocycles. The smallest absolute Gasteiger partial charge is 0.140 e. The van der Waals surface area contributed by atoms with E-state index in [1.807, 2.05) is 18.2 Å². The zero-order chi connectivity index (χ0) is 10.6. The number of halogens is 2. The highest BCUT2D eigenvalue weighted by Crippen LogP contribution is 2.33. The van der Waals surface area contributed by atoms with Gasteiger partial charge >= 0.3 is 0 Å². The zero-order valence-electron chi connectivity index (χ0n) is 7.76. The fourth-order valence-corrected chi connectivity index (χ4v) is 2.11. The third-order valence-electron chi connectivity index (χ3n) is 1.67. The highest BCUT2D eigenvalue weighted by molar-refractivity contribution is 9.10. The van der Waals surface area contributed by atoms with Crippen molar-refractivity contribution in [1.29, 1.82) is 0 Å². The molecule has 0 radical (unpaired) electrons. The van der Waals surface area contributed by atoms with Crippen molar-refractivity contribution in [2.75, 3.05) is 13.7 Å². The van der Waals surface area contributed by atoms with Crippen LogP contribution >= 0.6 is 27.5 Å². The number of hydrogen-bond donors (Lipinski definition) is 1. The Bertz CT molecular complexity index is 352. The zero-order valence-corrected chi connectivity index (χ0v) is 10.1. The Morgan fingerprint density at radius 3 is 2.86 bits per heavy atom. The average Bonchev–Trinajstić information content (AvgIpc) is 2.14. The molecule has 0 atom stereocenters. The van der Waals surface area contributed by atoms with E-state index >= 15 is 0 Å². The lowest BCUT2D eigenvalue weighted by molar-refractivity contribution is 0.411. The maximum atomic E-state index is 5.91. The van der Waals surface area contributed by atoms with Crippen LogP contribution in [0.5, 0.6) is 5.75 Å². The Morgan fingerprint density at radius 2 is 2.29 bits per heavy atom. The van der Waals surface area contributed by atoms with E-state index in [0.717, 1.165) is 15.8 Å². The van der Waals surface area contributed by atoms with Crippen molar-refractivity contribution >= 4 is 33.6 Å². The summed E-state index contributed by atoms with van der Waals surface area (Å²) in [4.78, 5) is 0. The molecule has 0 aromatic heterocycles. The third-order valence-corrected chi connectivity index (χ3v) is 2.48. The van der Waals surface area contributed by atoms with Gasteiger partial charge in [-0.05, 0) is 28.1 Å². The molecule has 2 nitrogen and oxygen atoms in total. The van der Waals surface area contributed by atoms with Gasteiger partial charge in [-0.2, -0.15) is 0 Å². The van der Waals surface area contributed by atoms with Gasteiger partial charge in [0, 0.05) is 17.1 Å². The van der Waals surface area contributed by atoms with Gasteiger partial charge < -0.3 is 10.5 Å². The first-order chi connectivity index (χ1) is 6.69. The van der Waals surface area contributed by atoms with Crippen LogP contribution in [0.15, 0.2) is 22.7 Å². The minimum atomic E-state index is 0.493. The Morgan fingerprint density at radius 1 is 1.57 bits per heavy atom. The van der Waals surface area contributed by atoms with E-state index in [1.165, 1.54) is 0 Å². The topological polar surface area (TPSA) is 35.2 Å². The van der Waals surface area contributed by atoms with E-state index in [2.05, 4.69) is 15.9 Å². The second-order valence-electron chi connectivity index (χ2n) is 2.65. The molecule has 0 aliphatic rings. The summed E-state index contributed by atoms with van der Waals surface area (Å²) in [5, 5.41) is 0.661. The molecule has 0 unspecified atom stereocenters. The maximum absolute atomic E-state index is 5.91. The SMILES string of the molecule is COc1c(Br)cc(Cl)cc1/C=C/CN. The van der Waals surface area contributed by atoms with Crippen LogP contribution in [-0.2, 0) is 0 Å². The monoisotopic (exact) mass is 275 g/mol. The van der Waals surface area contributed by atoms with Crippen molar-refractivity contribution in [2.24, 2.45) is 5.73 Å². The van der Waals surface area contributed by atoms with Crippen LogP contribution in [0.3, 0.4) is 0 Å². The molecule has 1 aromatic carbocycles. The molecule has 76 valence electrons. The summed E-state index contributed by atoms with van der Waals surface area (Å²) in [7, 11) is 1.62. The lowest BCUT2D eigenvalue weighted by Crippen LogP contribution is -1.93. The van der Waals surface area contributed by atoms with Crippen molar-refractivity contribution < 1.29 is 4.74 Å². The quantitative estimate of drug-likeness (QED) is 0.921. The largest absolute Gasteiger partial charge is 0.495 e. The molecule has 0 heterocycles. The van der Waals surface area contributed by atoms with Crippen molar-refractivity contribution in [3.05, 3.63) is 33.3 Å². The van der Waals surface area contributed by atoms with Crippen molar-refractivity contribution in [2.45, 2.75) is 0 Å². The van der Waals surface area contributed by atoms with Crippen molar-refractivity contribution in [3.63, 3.8) is 0 Å². The molecule has 0 bridgehead atoms. The molecule has 0 saturated carbocycles. The summed E-state index contributed by atoms with van der Waals surface area (Å²) in [6, 6.07) is 3.62. The van der Waals surface area contributed by atoms with Crippen molar-refractivity contribution in [1.82, 2.24) is 0 Å². The van der Waals surface area contributed by atoms with Gasteiger partial charge in [0.05, 0.1) is 11.6 Å². The molecular formula is C10H11BrClNO. The minimum absolute atomic E-state index is 0.493. The number of rotatable bonds is 3. The van der Waals surface area contributed by atoms with Gasteiger partial charge in [0.2, 0.25) is 0 Å². The van der Waals surface area contributed by atoms with E-state index in [4.69, 9.17) is 22.1 Å². The van der Waals surface area contributed by atoms with E-state index in [-0.39, 0.29) is 0 Å². The van der Waals surface area contributed by atoms with Crippen molar-refractivity contribution in [3.8, 4) is 5.75 Å². The first-order valence-electron chi connectivity index (χ1n) is 4.08.